The molecule has 1 aromatic rings. The molecule has 2 unspecified atom stereocenters. The number of carbonyl (C=O) groups is 1. The number of para-hydroxylation sites is 1. The third kappa shape index (κ3) is 7.73. The second-order valence-electron chi connectivity index (χ2n) is 9.19. The molecule has 2 fully saturated rings. The molecule has 2 N–H and O–H groups in total. The molecule has 186 valence electrons. The zero-order chi connectivity index (χ0) is 22.9. The largest absolute Gasteiger partial charge is 0.496 e. The highest BCUT2D eigenvalue weighted by atomic mass is 127. The van der Waals surface area contributed by atoms with Crippen LogP contribution in [0.4, 0.5) is 0 Å². The number of nitrogens with zero attached hydrogens (tertiary/aromatic N) is 3. The van der Waals surface area contributed by atoms with Crippen LogP contribution in [0, 0.1) is 5.92 Å². The molecule has 2 aliphatic rings. The van der Waals surface area contributed by atoms with E-state index in [1.165, 1.54) is 19.3 Å². The average molecular weight is 572 g/mol. The van der Waals surface area contributed by atoms with Gasteiger partial charge >= 0.3 is 0 Å². The van der Waals surface area contributed by atoms with E-state index in [9.17, 15) is 4.79 Å². The van der Waals surface area contributed by atoms with Crippen molar-refractivity contribution in [3.8, 4) is 5.75 Å². The predicted octanol–water partition coefficient (Wildman–Crippen LogP) is 3.65. The first-order valence-corrected chi connectivity index (χ1v) is 12.2. The summed E-state index contributed by atoms with van der Waals surface area (Å²) < 4.78 is 5.58. The van der Waals surface area contributed by atoms with Gasteiger partial charge in [-0.15, -0.1) is 24.0 Å². The van der Waals surface area contributed by atoms with Gasteiger partial charge in [-0.25, -0.2) is 0 Å². The third-order valence-corrected chi connectivity index (χ3v) is 6.68. The Hall–Kier alpha value is -1.55. The highest BCUT2D eigenvalue weighted by molar-refractivity contribution is 14.0. The first kappa shape index (κ1) is 27.7. The van der Waals surface area contributed by atoms with Gasteiger partial charge in [-0.1, -0.05) is 37.5 Å². The second kappa shape index (κ2) is 14.0. The van der Waals surface area contributed by atoms with E-state index in [2.05, 4.69) is 47.5 Å². The maximum Gasteiger partial charge on any atom is 0.225 e. The molecule has 1 saturated carbocycles. The molecule has 0 aromatic heterocycles. The molecule has 1 aromatic carbocycles. The van der Waals surface area contributed by atoms with Gasteiger partial charge in [0.2, 0.25) is 5.91 Å². The summed E-state index contributed by atoms with van der Waals surface area (Å²) in [6, 6.07) is 8.47. The molecule has 3 rings (SSSR count). The van der Waals surface area contributed by atoms with E-state index in [0.717, 1.165) is 56.2 Å². The van der Waals surface area contributed by atoms with Crippen LogP contribution in [0.3, 0.4) is 0 Å². The average Bonchev–Trinajstić information content (AvgIpc) is 3.28. The molecular weight excluding hydrogens is 529 g/mol. The number of carbonyl (C=O) groups excluding carboxylic acids is 1. The van der Waals surface area contributed by atoms with Gasteiger partial charge in [0.15, 0.2) is 5.96 Å². The summed E-state index contributed by atoms with van der Waals surface area (Å²) in [6.45, 7) is 5.09. The van der Waals surface area contributed by atoms with Crippen molar-refractivity contribution in [2.75, 3.05) is 47.4 Å². The molecule has 0 spiro atoms. The molecule has 1 heterocycles. The first-order valence-electron chi connectivity index (χ1n) is 12.2. The molecule has 1 saturated heterocycles. The number of aliphatic imine (C=N–C) groups is 1. The molecule has 7 nitrogen and oxygen atoms in total. The van der Waals surface area contributed by atoms with E-state index in [-0.39, 0.29) is 42.0 Å². The van der Waals surface area contributed by atoms with E-state index >= 15 is 0 Å². The fourth-order valence-electron chi connectivity index (χ4n) is 4.86. The lowest BCUT2D eigenvalue weighted by molar-refractivity contribution is -0.135. The Labute approximate surface area is 216 Å². The van der Waals surface area contributed by atoms with Gasteiger partial charge in [0.05, 0.1) is 19.7 Å². The SMILES string of the molecule is CCNC(=NCC(c1ccccc1OC)N(C)C)NC1CCN(C(=O)C2CCCCC2)C1.I. The smallest absolute Gasteiger partial charge is 0.225 e. The summed E-state index contributed by atoms with van der Waals surface area (Å²) in [5.41, 5.74) is 1.13. The first-order chi connectivity index (χ1) is 15.5. The van der Waals surface area contributed by atoms with E-state index in [1.54, 1.807) is 7.11 Å². The molecule has 0 bridgehead atoms. The van der Waals surface area contributed by atoms with Crippen molar-refractivity contribution in [3.05, 3.63) is 29.8 Å². The van der Waals surface area contributed by atoms with Crippen LogP contribution in [0.25, 0.3) is 0 Å². The molecular formula is C25H42IN5O2. The lowest BCUT2D eigenvalue weighted by Gasteiger charge is -2.27. The number of rotatable bonds is 8. The van der Waals surface area contributed by atoms with Crippen LogP contribution in [-0.4, -0.2) is 75.1 Å². The van der Waals surface area contributed by atoms with Crippen molar-refractivity contribution in [2.24, 2.45) is 10.9 Å². The Morgan fingerprint density at radius 3 is 2.61 bits per heavy atom. The maximum atomic E-state index is 12.9. The van der Waals surface area contributed by atoms with E-state index in [1.807, 2.05) is 18.2 Å². The lowest BCUT2D eigenvalue weighted by atomic mass is 9.88. The molecule has 1 aliphatic heterocycles. The number of benzene rings is 1. The van der Waals surface area contributed by atoms with Gasteiger partial charge in [0.25, 0.3) is 0 Å². The molecule has 33 heavy (non-hydrogen) atoms. The Bertz CT molecular complexity index is 767. The second-order valence-corrected chi connectivity index (χ2v) is 9.19. The Kier molecular flexibility index (Phi) is 11.7. The minimum absolute atomic E-state index is 0. The number of halogens is 1. The van der Waals surface area contributed by atoms with Gasteiger partial charge in [-0.05, 0) is 46.3 Å². The molecule has 2 atom stereocenters. The normalized spacial score (nSPS) is 20.3. The number of amides is 1. The summed E-state index contributed by atoms with van der Waals surface area (Å²) in [5.74, 6) is 2.30. The van der Waals surface area contributed by atoms with E-state index in [4.69, 9.17) is 9.73 Å². The van der Waals surface area contributed by atoms with E-state index in [0.29, 0.717) is 12.5 Å². The van der Waals surface area contributed by atoms with Gasteiger partial charge in [-0.2, -0.15) is 0 Å². The Balaban J connectivity index is 0.00000385. The molecule has 1 aliphatic carbocycles. The number of nitrogens with one attached hydrogen (secondary N) is 2. The van der Waals surface area contributed by atoms with Crippen LogP contribution in [-0.2, 0) is 4.79 Å². The highest BCUT2D eigenvalue weighted by Gasteiger charge is 2.31. The quantitative estimate of drug-likeness (QED) is 0.283. The monoisotopic (exact) mass is 571 g/mol. The van der Waals surface area contributed by atoms with Crippen molar-refractivity contribution in [3.63, 3.8) is 0 Å². The predicted molar refractivity (Wildman–Crippen MR) is 146 cm³/mol. The fourth-order valence-corrected chi connectivity index (χ4v) is 4.86. The van der Waals surface area contributed by atoms with Crippen LogP contribution >= 0.6 is 24.0 Å². The van der Waals surface area contributed by atoms with Crippen molar-refractivity contribution in [2.45, 2.75) is 57.5 Å². The number of guanidine groups is 1. The van der Waals surface area contributed by atoms with Crippen LogP contribution in [0.2, 0.25) is 0 Å². The number of likely N-dealkylation sites (N-methyl/N-ethyl adjacent to an activating group) is 1. The zero-order valence-corrected chi connectivity index (χ0v) is 23.0. The third-order valence-electron chi connectivity index (χ3n) is 6.68. The van der Waals surface area contributed by atoms with Crippen LogP contribution in [0.5, 0.6) is 5.75 Å². The van der Waals surface area contributed by atoms with Gasteiger partial charge in [-0.3, -0.25) is 9.79 Å². The molecule has 8 heteroatoms. The maximum absolute atomic E-state index is 12.9. The van der Waals surface area contributed by atoms with Crippen molar-refractivity contribution >= 4 is 35.8 Å². The van der Waals surface area contributed by atoms with Gasteiger partial charge in [0, 0.05) is 37.2 Å². The summed E-state index contributed by atoms with van der Waals surface area (Å²) in [4.78, 5) is 22.0. The fraction of sp³-hybridized carbons (Fsp3) is 0.680. The van der Waals surface area contributed by atoms with Crippen molar-refractivity contribution < 1.29 is 9.53 Å². The van der Waals surface area contributed by atoms with Crippen LogP contribution in [0.15, 0.2) is 29.3 Å². The van der Waals surface area contributed by atoms with Crippen LogP contribution in [0.1, 0.15) is 57.1 Å². The van der Waals surface area contributed by atoms with Crippen molar-refractivity contribution in [1.82, 2.24) is 20.4 Å². The minimum atomic E-state index is 0. The zero-order valence-electron chi connectivity index (χ0n) is 20.7. The Morgan fingerprint density at radius 2 is 1.94 bits per heavy atom. The number of likely N-dealkylation sites (tertiary alicyclic amines) is 1. The topological polar surface area (TPSA) is 69.2 Å². The van der Waals surface area contributed by atoms with E-state index < -0.39 is 0 Å². The number of hydrogen-bond donors (Lipinski definition) is 2. The minimum Gasteiger partial charge on any atom is -0.496 e. The van der Waals surface area contributed by atoms with Gasteiger partial charge < -0.3 is 25.2 Å². The summed E-state index contributed by atoms with van der Waals surface area (Å²) in [6.07, 6.45) is 6.76. The summed E-state index contributed by atoms with van der Waals surface area (Å²) in [7, 11) is 5.85. The number of methoxy groups -OCH3 is 1. The Morgan fingerprint density at radius 1 is 1.21 bits per heavy atom. The molecule has 0 radical (unpaired) electrons. The van der Waals surface area contributed by atoms with Crippen LogP contribution < -0.4 is 15.4 Å². The standard InChI is InChI=1S/C25H41N5O2.HI/c1-5-26-25(27-17-22(29(2)3)21-13-9-10-14-23(21)32-4)28-20-15-16-30(18-20)24(31)19-11-7-6-8-12-19;/h9-10,13-14,19-20,22H,5-8,11-12,15-18H2,1-4H3,(H2,26,27,28);1H. The summed E-state index contributed by atoms with van der Waals surface area (Å²) >= 11 is 0. The van der Waals surface area contributed by atoms with Crippen molar-refractivity contribution in [1.29, 1.82) is 0 Å². The van der Waals surface area contributed by atoms with Gasteiger partial charge in [0.1, 0.15) is 5.75 Å². The highest BCUT2D eigenvalue weighted by Crippen LogP contribution is 2.28. The lowest BCUT2D eigenvalue weighted by Crippen LogP contribution is -2.46. The number of hydrogen-bond acceptors (Lipinski definition) is 4. The summed E-state index contributed by atoms with van der Waals surface area (Å²) in [5, 5.41) is 6.95. The number of ether oxygens (including phenoxy) is 1. The molecule has 1 amide bonds.